The lowest BCUT2D eigenvalue weighted by molar-refractivity contribution is -0.136. The monoisotopic (exact) mass is 417 g/mol. The zero-order valence-corrected chi connectivity index (χ0v) is 18.3. The van der Waals surface area contributed by atoms with Crippen LogP contribution >= 0.6 is 0 Å². The minimum atomic E-state index is 0.234. The Morgan fingerprint density at radius 2 is 1.58 bits per heavy atom. The lowest BCUT2D eigenvalue weighted by atomic mass is 10.1. The Hall–Kier alpha value is -2.82. The van der Waals surface area contributed by atoms with Crippen LogP contribution in [0.2, 0.25) is 0 Å². The molecule has 0 atom stereocenters. The second kappa shape index (κ2) is 8.74. The Morgan fingerprint density at radius 3 is 2.26 bits per heavy atom. The summed E-state index contributed by atoms with van der Waals surface area (Å²) in [6.07, 6.45) is 9.53. The molecule has 0 bridgehead atoms. The highest BCUT2D eigenvalue weighted by Gasteiger charge is 2.34. The molecule has 2 aliphatic carbocycles. The normalized spacial score (nSPS) is 17.5. The summed E-state index contributed by atoms with van der Waals surface area (Å²) in [5, 5.41) is 0. The predicted molar refractivity (Wildman–Crippen MR) is 123 cm³/mol. The number of rotatable bonds is 6. The molecule has 0 aliphatic heterocycles. The Labute approximate surface area is 184 Å². The van der Waals surface area contributed by atoms with E-state index in [-0.39, 0.29) is 5.91 Å². The van der Waals surface area contributed by atoms with Crippen molar-refractivity contribution in [2.24, 2.45) is 0 Å². The lowest BCUT2D eigenvalue weighted by Crippen LogP contribution is -2.46. The molecule has 2 saturated carbocycles. The highest BCUT2D eigenvalue weighted by molar-refractivity contribution is 5.85. The minimum Gasteiger partial charge on any atom is -0.496 e. The molecule has 0 radical (unpaired) electrons. The standard InChI is InChI=1S/C26H31N3O2/c1-31-24-17-9-6-14-21(24)26-27-22-15-7-8-16-23(22)28(26)18-25(30)29(19-10-2-3-11-19)20-12-4-5-13-20/h6-9,14-17,19-20H,2-5,10-13,18H2,1H3. The highest BCUT2D eigenvalue weighted by Crippen LogP contribution is 2.34. The first-order valence-corrected chi connectivity index (χ1v) is 11.7. The summed E-state index contributed by atoms with van der Waals surface area (Å²) in [4.78, 5) is 21.0. The zero-order valence-electron chi connectivity index (χ0n) is 18.3. The molecule has 1 aromatic heterocycles. The summed E-state index contributed by atoms with van der Waals surface area (Å²) in [7, 11) is 1.68. The summed E-state index contributed by atoms with van der Waals surface area (Å²) in [5.41, 5.74) is 2.82. The molecule has 1 heterocycles. The van der Waals surface area contributed by atoms with Gasteiger partial charge in [0.05, 0.1) is 23.7 Å². The molecule has 5 nitrogen and oxygen atoms in total. The molecule has 1 amide bonds. The van der Waals surface area contributed by atoms with Crippen molar-refractivity contribution in [3.05, 3.63) is 48.5 Å². The fourth-order valence-corrected chi connectivity index (χ4v) is 5.56. The molecular weight excluding hydrogens is 386 g/mol. The van der Waals surface area contributed by atoms with E-state index in [0.717, 1.165) is 53.9 Å². The summed E-state index contributed by atoms with van der Waals surface area (Å²) in [6, 6.07) is 16.8. The van der Waals surface area contributed by atoms with E-state index in [1.807, 2.05) is 42.5 Å². The lowest BCUT2D eigenvalue weighted by Gasteiger charge is -2.35. The summed E-state index contributed by atoms with van der Waals surface area (Å²) >= 11 is 0. The Morgan fingerprint density at radius 1 is 0.968 bits per heavy atom. The van der Waals surface area contributed by atoms with Gasteiger partial charge in [-0.05, 0) is 49.9 Å². The number of nitrogens with zero attached hydrogens (tertiary/aromatic N) is 3. The van der Waals surface area contributed by atoms with Crippen molar-refractivity contribution in [3.63, 3.8) is 0 Å². The van der Waals surface area contributed by atoms with Crippen LogP contribution in [0, 0.1) is 0 Å². The maximum absolute atomic E-state index is 13.8. The smallest absolute Gasteiger partial charge is 0.243 e. The average molecular weight is 418 g/mol. The van der Waals surface area contributed by atoms with Crippen LogP contribution in [0.5, 0.6) is 5.75 Å². The number of imidazole rings is 1. The van der Waals surface area contributed by atoms with Gasteiger partial charge >= 0.3 is 0 Å². The van der Waals surface area contributed by atoms with E-state index in [4.69, 9.17) is 9.72 Å². The number of amides is 1. The van der Waals surface area contributed by atoms with Crippen LogP contribution < -0.4 is 4.74 Å². The number of ether oxygens (including phenoxy) is 1. The van der Waals surface area contributed by atoms with Crippen LogP contribution in [0.3, 0.4) is 0 Å². The van der Waals surface area contributed by atoms with Crippen LogP contribution in [-0.4, -0.2) is 39.6 Å². The second-order valence-corrected chi connectivity index (χ2v) is 8.89. The zero-order chi connectivity index (χ0) is 21.2. The van der Waals surface area contributed by atoms with E-state index in [1.165, 1.54) is 25.7 Å². The molecule has 2 aromatic carbocycles. The van der Waals surface area contributed by atoms with E-state index >= 15 is 0 Å². The number of benzene rings is 2. The molecule has 0 unspecified atom stereocenters. The molecule has 0 spiro atoms. The SMILES string of the molecule is COc1ccccc1-c1nc2ccccc2n1CC(=O)N(C1CCCC1)C1CCCC1. The van der Waals surface area contributed by atoms with Crippen molar-refractivity contribution in [1.82, 2.24) is 14.5 Å². The molecule has 2 fully saturated rings. The van der Waals surface area contributed by atoms with E-state index in [1.54, 1.807) is 7.11 Å². The Kier molecular flexibility index (Phi) is 5.66. The fourth-order valence-electron chi connectivity index (χ4n) is 5.56. The van der Waals surface area contributed by atoms with Gasteiger partial charge in [0.25, 0.3) is 0 Å². The molecule has 3 aromatic rings. The average Bonchev–Trinajstić information content (AvgIpc) is 3.57. The van der Waals surface area contributed by atoms with Crippen molar-refractivity contribution >= 4 is 16.9 Å². The topological polar surface area (TPSA) is 47.4 Å². The van der Waals surface area contributed by atoms with Crippen LogP contribution in [0.25, 0.3) is 22.4 Å². The van der Waals surface area contributed by atoms with Gasteiger partial charge in [-0.1, -0.05) is 49.9 Å². The number of methoxy groups -OCH3 is 1. The first-order valence-electron chi connectivity index (χ1n) is 11.7. The Balaban J connectivity index is 1.55. The number of hydrogen-bond donors (Lipinski definition) is 0. The third-order valence-electron chi connectivity index (χ3n) is 7.02. The van der Waals surface area contributed by atoms with E-state index in [9.17, 15) is 4.79 Å². The van der Waals surface area contributed by atoms with E-state index in [2.05, 4.69) is 15.5 Å². The highest BCUT2D eigenvalue weighted by atomic mass is 16.5. The second-order valence-electron chi connectivity index (χ2n) is 8.89. The van der Waals surface area contributed by atoms with Gasteiger partial charge in [-0.15, -0.1) is 0 Å². The maximum Gasteiger partial charge on any atom is 0.243 e. The van der Waals surface area contributed by atoms with Crippen molar-refractivity contribution in [1.29, 1.82) is 0 Å². The third kappa shape index (κ3) is 3.82. The number of fused-ring (bicyclic) bond motifs is 1. The number of para-hydroxylation sites is 3. The van der Waals surface area contributed by atoms with Gasteiger partial charge in [-0.2, -0.15) is 0 Å². The first-order chi connectivity index (χ1) is 15.3. The number of hydrogen-bond acceptors (Lipinski definition) is 3. The van der Waals surface area contributed by atoms with Gasteiger partial charge in [0.1, 0.15) is 18.1 Å². The van der Waals surface area contributed by atoms with Crippen LogP contribution in [0.15, 0.2) is 48.5 Å². The van der Waals surface area contributed by atoms with Gasteiger partial charge in [0.2, 0.25) is 5.91 Å². The van der Waals surface area contributed by atoms with Crippen molar-refractivity contribution < 1.29 is 9.53 Å². The molecule has 162 valence electrons. The van der Waals surface area contributed by atoms with E-state index in [0.29, 0.717) is 18.6 Å². The predicted octanol–water partition coefficient (Wildman–Crippen LogP) is 5.43. The van der Waals surface area contributed by atoms with Crippen molar-refractivity contribution in [2.45, 2.75) is 70.0 Å². The molecule has 0 saturated heterocycles. The van der Waals surface area contributed by atoms with E-state index < -0.39 is 0 Å². The summed E-state index contributed by atoms with van der Waals surface area (Å²) < 4.78 is 7.71. The largest absolute Gasteiger partial charge is 0.496 e. The number of aromatic nitrogens is 2. The van der Waals surface area contributed by atoms with Gasteiger partial charge in [-0.25, -0.2) is 4.98 Å². The fraction of sp³-hybridized carbons (Fsp3) is 0.462. The molecule has 5 heteroatoms. The first kappa shape index (κ1) is 20.1. The van der Waals surface area contributed by atoms with Crippen LogP contribution in [0.4, 0.5) is 0 Å². The number of carbonyl (C=O) groups is 1. The molecular formula is C26H31N3O2. The van der Waals surface area contributed by atoms with Gasteiger partial charge in [0, 0.05) is 12.1 Å². The Bertz CT molecular complexity index is 1050. The van der Waals surface area contributed by atoms with Gasteiger partial charge in [0.15, 0.2) is 0 Å². The van der Waals surface area contributed by atoms with Crippen molar-refractivity contribution in [2.75, 3.05) is 7.11 Å². The van der Waals surface area contributed by atoms with Crippen LogP contribution in [-0.2, 0) is 11.3 Å². The van der Waals surface area contributed by atoms with Crippen LogP contribution in [0.1, 0.15) is 51.4 Å². The molecule has 0 N–H and O–H groups in total. The summed E-state index contributed by atoms with van der Waals surface area (Å²) in [5.74, 6) is 1.80. The maximum atomic E-state index is 13.8. The summed E-state index contributed by atoms with van der Waals surface area (Å²) in [6.45, 7) is 0.320. The molecule has 5 rings (SSSR count). The van der Waals surface area contributed by atoms with Gasteiger partial charge in [-0.3, -0.25) is 4.79 Å². The minimum absolute atomic E-state index is 0.234. The third-order valence-corrected chi connectivity index (χ3v) is 7.02. The van der Waals surface area contributed by atoms with Crippen molar-refractivity contribution in [3.8, 4) is 17.1 Å². The molecule has 31 heavy (non-hydrogen) atoms. The molecule has 2 aliphatic rings. The van der Waals surface area contributed by atoms with Gasteiger partial charge < -0.3 is 14.2 Å². The quantitative estimate of drug-likeness (QED) is 0.538. The number of carbonyl (C=O) groups excluding carboxylic acids is 1.